The topological polar surface area (TPSA) is 74.1 Å². The van der Waals surface area contributed by atoms with Crippen molar-refractivity contribution in [3.8, 4) is 11.8 Å². The Balaban J connectivity index is 2.49. The highest BCUT2D eigenvalue weighted by Gasteiger charge is 2.18. The lowest BCUT2D eigenvalue weighted by atomic mass is 10.2. The summed E-state index contributed by atoms with van der Waals surface area (Å²) in [5.74, 6) is 1.81. The van der Waals surface area contributed by atoms with E-state index < -0.39 is 0 Å². The van der Waals surface area contributed by atoms with Gasteiger partial charge >= 0.3 is 0 Å². The highest BCUT2D eigenvalue weighted by Crippen LogP contribution is 2.35. The minimum atomic E-state index is 0.386. The number of methoxy groups -OCH3 is 1. The van der Waals surface area contributed by atoms with Crippen molar-refractivity contribution in [2.24, 2.45) is 0 Å². The molecule has 0 saturated heterocycles. The van der Waals surface area contributed by atoms with Crippen molar-refractivity contribution in [2.75, 3.05) is 30.9 Å². The lowest BCUT2D eigenvalue weighted by molar-refractivity contribution is 0.413. The van der Waals surface area contributed by atoms with E-state index in [9.17, 15) is 0 Å². The summed E-state index contributed by atoms with van der Waals surface area (Å²) < 4.78 is 5.44. The quantitative estimate of drug-likeness (QED) is 0.878. The highest BCUT2D eigenvalue weighted by molar-refractivity contribution is 5.71. The minimum absolute atomic E-state index is 0.386. The molecule has 0 atom stereocenters. The van der Waals surface area contributed by atoms with Crippen molar-refractivity contribution in [2.45, 2.75) is 6.42 Å². The van der Waals surface area contributed by atoms with E-state index in [1.165, 1.54) is 6.33 Å². The zero-order chi connectivity index (χ0) is 15.1. The third kappa shape index (κ3) is 3.20. The molecule has 0 aliphatic heterocycles. The standard InChI is InChI=1S/C15H17N5O/c1-17-14-13(21-2)15(19-11-18-14)20(10-6-9-16)12-7-4-3-5-8-12/h3-5,7-8,11H,6,10H2,1-2H3,(H,17,18,19). The lowest BCUT2D eigenvalue weighted by Crippen LogP contribution is -2.20. The first kappa shape index (κ1) is 14.6. The van der Waals surface area contributed by atoms with Gasteiger partial charge in [-0.1, -0.05) is 18.2 Å². The fraction of sp³-hybridized carbons (Fsp3) is 0.267. The van der Waals surface area contributed by atoms with Gasteiger partial charge in [0.25, 0.3) is 0 Å². The van der Waals surface area contributed by atoms with E-state index in [1.807, 2.05) is 35.2 Å². The summed E-state index contributed by atoms with van der Waals surface area (Å²) >= 11 is 0. The monoisotopic (exact) mass is 283 g/mol. The number of benzene rings is 1. The van der Waals surface area contributed by atoms with Crippen LogP contribution in [0.25, 0.3) is 0 Å². The number of aromatic nitrogens is 2. The molecular formula is C15H17N5O. The summed E-state index contributed by atoms with van der Waals surface area (Å²) in [6.07, 6.45) is 1.86. The van der Waals surface area contributed by atoms with Crippen molar-refractivity contribution in [3.63, 3.8) is 0 Å². The molecule has 1 aromatic heterocycles. The Labute approximate surface area is 124 Å². The van der Waals surface area contributed by atoms with Gasteiger partial charge in [-0.15, -0.1) is 0 Å². The number of nitrogens with one attached hydrogen (secondary N) is 1. The van der Waals surface area contributed by atoms with Crippen LogP contribution >= 0.6 is 0 Å². The van der Waals surface area contributed by atoms with Gasteiger partial charge in [-0.3, -0.25) is 0 Å². The van der Waals surface area contributed by atoms with Crippen molar-refractivity contribution in [1.29, 1.82) is 5.26 Å². The predicted octanol–water partition coefficient (Wildman–Crippen LogP) is 2.58. The maximum Gasteiger partial charge on any atom is 0.204 e. The molecule has 2 aromatic rings. The minimum Gasteiger partial charge on any atom is -0.490 e. The largest absolute Gasteiger partial charge is 0.490 e. The van der Waals surface area contributed by atoms with Crippen LogP contribution in [0, 0.1) is 11.3 Å². The third-order valence-corrected chi connectivity index (χ3v) is 3.00. The first-order chi connectivity index (χ1) is 10.3. The fourth-order valence-electron chi connectivity index (χ4n) is 2.05. The van der Waals surface area contributed by atoms with Crippen LogP contribution in [0.1, 0.15) is 6.42 Å². The lowest BCUT2D eigenvalue weighted by Gasteiger charge is -2.25. The molecule has 0 fully saturated rings. The van der Waals surface area contributed by atoms with Gasteiger partial charge in [0.2, 0.25) is 5.75 Å². The van der Waals surface area contributed by atoms with Gasteiger partial charge in [0, 0.05) is 19.3 Å². The molecule has 0 radical (unpaired) electrons. The molecule has 1 N–H and O–H groups in total. The Bertz CT molecular complexity index is 624. The van der Waals surface area contributed by atoms with E-state index in [2.05, 4.69) is 21.4 Å². The first-order valence-electron chi connectivity index (χ1n) is 6.58. The molecule has 108 valence electrons. The van der Waals surface area contributed by atoms with Crippen LogP contribution in [-0.2, 0) is 0 Å². The van der Waals surface area contributed by atoms with E-state index in [1.54, 1.807) is 14.2 Å². The van der Waals surface area contributed by atoms with E-state index in [0.29, 0.717) is 30.4 Å². The summed E-state index contributed by atoms with van der Waals surface area (Å²) in [5, 5.41) is 11.9. The number of hydrogen-bond donors (Lipinski definition) is 1. The van der Waals surface area contributed by atoms with Crippen LogP contribution in [0.5, 0.6) is 5.75 Å². The zero-order valence-electron chi connectivity index (χ0n) is 12.1. The maximum absolute atomic E-state index is 8.88. The Morgan fingerprint density at radius 3 is 2.67 bits per heavy atom. The fourth-order valence-corrected chi connectivity index (χ4v) is 2.05. The number of ether oxygens (including phenoxy) is 1. The zero-order valence-corrected chi connectivity index (χ0v) is 12.1. The molecule has 0 aliphatic carbocycles. The SMILES string of the molecule is CNc1ncnc(N(CCC#N)c2ccccc2)c1OC. The first-order valence-corrected chi connectivity index (χ1v) is 6.58. The molecule has 2 rings (SSSR count). The van der Waals surface area contributed by atoms with Gasteiger partial charge in [-0.05, 0) is 12.1 Å². The Morgan fingerprint density at radius 1 is 1.29 bits per heavy atom. The van der Waals surface area contributed by atoms with Gasteiger partial charge in [-0.2, -0.15) is 5.26 Å². The Morgan fingerprint density at radius 2 is 2.05 bits per heavy atom. The van der Waals surface area contributed by atoms with Crippen molar-refractivity contribution in [1.82, 2.24) is 9.97 Å². The number of rotatable bonds is 6. The van der Waals surface area contributed by atoms with Crippen LogP contribution in [0.15, 0.2) is 36.7 Å². The summed E-state index contributed by atoms with van der Waals surface area (Å²) in [7, 11) is 3.35. The van der Waals surface area contributed by atoms with E-state index >= 15 is 0 Å². The molecule has 0 aliphatic rings. The molecule has 0 saturated carbocycles. The average molecular weight is 283 g/mol. The smallest absolute Gasteiger partial charge is 0.204 e. The Hall–Kier alpha value is -2.81. The second-order valence-corrected chi connectivity index (χ2v) is 4.22. The molecule has 0 spiro atoms. The van der Waals surface area contributed by atoms with Crippen LogP contribution < -0.4 is 15.0 Å². The number of anilines is 3. The third-order valence-electron chi connectivity index (χ3n) is 3.00. The van der Waals surface area contributed by atoms with Gasteiger partial charge in [0.1, 0.15) is 6.33 Å². The molecule has 1 heterocycles. The molecule has 6 nitrogen and oxygen atoms in total. The van der Waals surface area contributed by atoms with E-state index in [0.717, 1.165) is 5.69 Å². The van der Waals surface area contributed by atoms with Crippen molar-refractivity contribution in [3.05, 3.63) is 36.7 Å². The average Bonchev–Trinajstić information content (AvgIpc) is 2.55. The summed E-state index contributed by atoms with van der Waals surface area (Å²) in [4.78, 5) is 10.4. The maximum atomic E-state index is 8.88. The second-order valence-electron chi connectivity index (χ2n) is 4.22. The Kier molecular flexibility index (Phi) is 4.94. The summed E-state index contributed by atoms with van der Waals surface area (Å²) in [6.45, 7) is 0.525. The van der Waals surface area contributed by atoms with Crippen LogP contribution in [0.2, 0.25) is 0 Å². The van der Waals surface area contributed by atoms with Gasteiger partial charge in [0.15, 0.2) is 11.6 Å². The summed E-state index contributed by atoms with van der Waals surface area (Å²) in [5.41, 5.74) is 0.951. The number of nitrogens with zero attached hydrogens (tertiary/aromatic N) is 4. The molecule has 0 unspecified atom stereocenters. The molecule has 0 amide bonds. The van der Waals surface area contributed by atoms with Crippen LogP contribution in [0.4, 0.5) is 17.3 Å². The van der Waals surface area contributed by atoms with E-state index in [4.69, 9.17) is 10.00 Å². The van der Waals surface area contributed by atoms with Crippen molar-refractivity contribution < 1.29 is 4.74 Å². The summed E-state index contributed by atoms with van der Waals surface area (Å²) in [6, 6.07) is 11.9. The molecule has 0 bridgehead atoms. The van der Waals surface area contributed by atoms with Gasteiger partial charge in [-0.25, -0.2) is 9.97 Å². The number of hydrogen-bond acceptors (Lipinski definition) is 6. The molecule has 1 aromatic carbocycles. The van der Waals surface area contributed by atoms with Gasteiger partial charge in [0.05, 0.1) is 19.6 Å². The molecule has 6 heteroatoms. The molecule has 21 heavy (non-hydrogen) atoms. The van der Waals surface area contributed by atoms with E-state index in [-0.39, 0.29) is 0 Å². The van der Waals surface area contributed by atoms with Crippen LogP contribution in [-0.4, -0.2) is 30.7 Å². The number of para-hydroxylation sites is 1. The second kappa shape index (κ2) is 7.10. The van der Waals surface area contributed by atoms with Gasteiger partial charge < -0.3 is 15.0 Å². The van der Waals surface area contributed by atoms with Crippen molar-refractivity contribution >= 4 is 17.3 Å². The van der Waals surface area contributed by atoms with Crippen LogP contribution in [0.3, 0.4) is 0 Å². The predicted molar refractivity (Wildman–Crippen MR) is 81.8 cm³/mol. The number of nitriles is 1. The highest BCUT2D eigenvalue weighted by atomic mass is 16.5. The normalized spacial score (nSPS) is 9.76. The molecular weight excluding hydrogens is 266 g/mol.